The highest BCUT2D eigenvalue weighted by molar-refractivity contribution is 7.80. The number of hydrogen-bond donors (Lipinski definition) is 0. The first kappa shape index (κ1) is 6.74. The van der Waals surface area contributed by atoms with Crippen molar-refractivity contribution in [3.05, 3.63) is 47.6 Å². The van der Waals surface area contributed by atoms with Crippen molar-refractivity contribution in [3.8, 4) is 0 Å². The monoisotopic (exact) mass is 160 g/mol. The molecule has 0 saturated carbocycles. The van der Waals surface area contributed by atoms with E-state index in [0.717, 1.165) is 11.3 Å². The molecule has 0 atom stereocenters. The fourth-order valence-corrected chi connectivity index (χ4v) is 1.40. The molecule has 0 saturated heterocycles. The standard InChI is InChI=1S/C10H8S/c11-10-6-4-8-2-1-3-9(8)5-7-10/h1-6H,7H2. The van der Waals surface area contributed by atoms with E-state index in [0.29, 0.717) is 0 Å². The summed E-state index contributed by atoms with van der Waals surface area (Å²) in [5.41, 5.74) is 2.59. The molecule has 0 aromatic carbocycles. The average molecular weight is 160 g/mol. The van der Waals surface area contributed by atoms with Gasteiger partial charge in [0.1, 0.15) is 0 Å². The third-order valence-electron chi connectivity index (χ3n) is 1.86. The van der Waals surface area contributed by atoms with Crippen LogP contribution in [0.2, 0.25) is 0 Å². The first-order valence-electron chi connectivity index (χ1n) is 3.66. The van der Waals surface area contributed by atoms with Gasteiger partial charge in [-0.3, -0.25) is 0 Å². The van der Waals surface area contributed by atoms with Gasteiger partial charge in [0.2, 0.25) is 0 Å². The first-order valence-corrected chi connectivity index (χ1v) is 4.07. The molecule has 0 fully saturated rings. The van der Waals surface area contributed by atoms with Crippen molar-refractivity contribution in [3.63, 3.8) is 0 Å². The molecule has 0 radical (unpaired) electrons. The van der Waals surface area contributed by atoms with E-state index in [9.17, 15) is 0 Å². The van der Waals surface area contributed by atoms with Crippen molar-refractivity contribution < 1.29 is 0 Å². The first-order chi connectivity index (χ1) is 5.36. The number of rotatable bonds is 0. The largest absolute Gasteiger partial charge is 0.0846 e. The predicted molar refractivity (Wildman–Crippen MR) is 51.7 cm³/mol. The van der Waals surface area contributed by atoms with Gasteiger partial charge in [-0.1, -0.05) is 42.6 Å². The van der Waals surface area contributed by atoms with Gasteiger partial charge in [-0.2, -0.15) is 0 Å². The second-order valence-electron chi connectivity index (χ2n) is 2.64. The Labute approximate surface area is 71.6 Å². The molecule has 0 bridgehead atoms. The normalized spacial score (nSPS) is 20.9. The van der Waals surface area contributed by atoms with Crippen LogP contribution in [0, 0.1) is 0 Å². The molecule has 2 rings (SSSR count). The summed E-state index contributed by atoms with van der Waals surface area (Å²) in [7, 11) is 0. The highest BCUT2D eigenvalue weighted by Gasteiger charge is 2.05. The average Bonchev–Trinajstić information content (AvgIpc) is 2.38. The molecule has 0 spiro atoms. The van der Waals surface area contributed by atoms with Crippen molar-refractivity contribution in [2.45, 2.75) is 6.42 Å². The molecular weight excluding hydrogens is 152 g/mol. The molecule has 2 aliphatic rings. The zero-order valence-electron chi connectivity index (χ0n) is 6.08. The molecular formula is C10H8S. The lowest BCUT2D eigenvalue weighted by Gasteiger charge is -1.92. The second-order valence-corrected chi connectivity index (χ2v) is 3.17. The molecule has 0 heterocycles. The Balaban J connectivity index is 2.42. The molecule has 0 unspecified atom stereocenters. The zero-order valence-corrected chi connectivity index (χ0v) is 6.90. The minimum absolute atomic E-state index is 0.906. The molecule has 0 N–H and O–H groups in total. The zero-order chi connectivity index (χ0) is 7.68. The molecule has 0 aromatic rings. The van der Waals surface area contributed by atoms with Crippen LogP contribution in [0.15, 0.2) is 47.6 Å². The number of hydrogen-bond acceptors (Lipinski definition) is 1. The van der Waals surface area contributed by atoms with Crippen molar-refractivity contribution in [1.29, 1.82) is 0 Å². The summed E-state index contributed by atoms with van der Waals surface area (Å²) in [6, 6.07) is 0. The fourth-order valence-electron chi connectivity index (χ4n) is 1.25. The third-order valence-corrected chi connectivity index (χ3v) is 2.16. The van der Waals surface area contributed by atoms with E-state index >= 15 is 0 Å². The molecule has 0 amide bonds. The van der Waals surface area contributed by atoms with E-state index in [-0.39, 0.29) is 0 Å². The topological polar surface area (TPSA) is 0 Å². The van der Waals surface area contributed by atoms with Gasteiger partial charge >= 0.3 is 0 Å². The van der Waals surface area contributed by atoms with Gasteiger partial charge < -0.3 is 0 Å². The van der Waals surface area contributed by atoms with Crippen molar-refractivity contribution >= 4 is 17.1 Å². The summed E-state index contributed by atoms with van der Waals surface area (Å²) in [6.45, 7) is 0. The Morgan fingerprint density at radius 2 is 2.00 bits per heavy atom. The van der Waals surface area contributed by atoms with Gasteiger partial charge in [-0.15, -0.1) is 0 Å². The van der Waals surface area contributed by atoms with Gasteiger partial charge in [-0.25, -0.2) is 0 Å². The maximum Gasteiger partial charge on any atom is 0.0190 e. The Hall–Kier alpha value is -0.950. The van der Waals surface area contributed by atoms with Crippen molar-refractivity contribution in [2.75, 3.05) is 0 Å². The van der Waals surface area contributed by atoms with Crippen LogP contribution < -0.4 is 0 Å². The number of fused-ring (bicyclic) bond motifs is 1. The lowest BCUT2D eigenvalue weighted by molar-refractivity contribution is 1.48. The summed E-state index contributed by atoms with van der Waals surface area (Å²) in [5.74, 6) is 0. The molecule has 54 valence electrons. The van der Waals surface area contributed by atoms with E-state index in [1.165, 1.54) is 11.1 Å². The molecule has 11 heavy (non-hydrogen) atoms. The quantitative estimate of drug-likeness (QED) is 0.491. The fraction of sp³-hybridized carbons (Fsp3) is 0.100. The second kappa shape index (κ2) is 2.59. The molecule has 1 heteroatoms. The SMILES string of the molecule is S=C1C=CC2=CC=CC2=CC1. The van der Waals surface area contributed by atoms with Crippen LogP contribution >= 0.6 is 12.2 Å². The van der Waals surface area contributed by atoms with E-state index < -0.39 is 0 Å². The maximum atomic E-state index is 5.09. The Morgan fingerprint density at radius 1 is 1.09 bits per heavy atom. The van der Waals surface area contributed by atoms with Crippen LogP contribution in [0.3, 0.4) is 0 Å². The van der Waals surface area contributed by atoms with Crippen LogP contribution in [0.25, 0.3) is 0 Å². The number of allylic oxidation sites excluding steroid dienone is 8. The predicted octanol–water partition coefficient (Wildman–Crippen LogP) is 2.74. The van der Waals surface area contributed by atoms with Crippen LogP contribution in [-0.2, 0) is 0 Å². The van der Waals surface area contributed by atoms with Gasteiger partial charge in [0.25, 0.3) is 0 Å². The van der Waals surface area contributed by atoms with Crippen LogP contribution in [0.1, 0.15) is 6.42 Å². The van der Waals surface area contributed by atoms with Gasteiger partial charge in [0.05, 0.1) is 0 Å². The summed E-state index contributed by atoms with van der Waals surface area (Å²) < 4.78 is 0. The lowest BCUT2D eigenvalue weighted by Crippen LogP contribution is -1.81. The number of thiocarbonyl (C=S) groups is 1. The minimum atomic E-state index is 0.906. The van der Waals surface area contributed by atoms with Crippen molar-refractivity contribution in [2.24, 2.45) is 0 Å². The van der Waals surface area contributed by atoms with Gasteiger partial charge in [-0.05, 0) is 17.2 Å². The molecule has 0 aromatic heterocycles. The van der Waals surface area contributed by atoms with Crippen LogP contribution in [-0.4, -0.2) is 4.86 Å². The summed E-state index contributed by atoms with van der Waals surface area (Å²) in [4.78, 5) is 1.02. The van der Waals surface area contributed by atoms with E-state index in [2.05, 4.69) is 30.4 Å². The summed E-state index contributed by atoms with van der Waals surface area (Å²) in [5, 5.41) is 0. The van der Waals surface area contributed by atoms with Gasteiger partial charge in [0.15, 0.2) is 0 Å². The Morgan fingerprint density at radius 3 is 2.91 bits per heavy atom. The van der Waals surface area contributed by atoms with Crippen LogP contribution in [0.4, 0.5) is 0 Å². The van der Waals surface area contributed by atoms with Crippen LogP contribution in [0.5, 0.6) is 0 Å². The summed E-state index contributed by atoms with van der Waals surface area (Å²) >= 11 is 5.09. The van der Waals surface area contributed by atoms with E-state index in [4.69, 9.17) is 12.2 Å². The smallest absolute Gasteiger partial charge is 0.0190 e. The molecule has 0 aliphatic heterocycles. The van der Waals surface area contributed by atoms with Crippen molar-refractivity contribution in [1.82, 2.24) is 0 Å². The maximum absolute atomic E-state index is 5.09. The minimum Gasteiger partial charge on any atom is -0.0846 e. The molecule has 2 aliphatic carbocycles. The summed E-state index contributed by atoms with van der Waals surface area (Å²) in [6.07, 6.45) is 13.5. The third kappa shape index (κ3) is 1.24. The van der Waals surface area contributed by atoms with Gasteiger partial charge in [0, 0.05) is 11.3 Å². The van der Waals surface area contributed by atoms with E-state index in [1.807, 2.05) is 6.08 Å². The van der Waals surface area contributed by atoms with E-state index in [1.54, 1.807) is 0 Å². The lowest BCUT2D eigenvalue weighted by atomic mass is 10.1. The Bertz CT molecular complexity index is 314. The Kier molecular flexibility index (Phi) is 1.59. The molecule has 0 nitrogen and oxygen atoms in total. The highest BCUT2D eigenvalue weighted by atomic mass is 32.1. The highest BCUT2D eigenvalue weighted by Crippen LogP contribution is 2.22.